The number of aliphatic hydroxyl groups excluding tert-OH is 4. The molecular weight excluding hydrogens is 480 g/mol. The molecule has 2 heterocycles. The van der Waals surface area contributed by atoms with Crippen molar-refractivity contribution in [1.29, 1.82) is 0 Å². The highest BCUT2D eigenvalue weighted by Crippen LogP contribution is 2.33. The molecule has 0 bridgehead atoms. The third kappa shape index (κ3) is 7.54. The van der Waals surface area contributed by atoms with E-state index in [4.69, 9.17) is 33.2 Å². The van der Waals surface area contributed by atoms with Gasteiger partial charge < -0.3 is 53.6 Å². The Morgan fingerprint density at radius 2 is 1.23 bits per heavy atom. The zero-order valence-corrected chi connectivity index (χ0v) is 19.5. The first-order valence-electron chi connectivity index (χ1n) is 10.6. The Morgan fingerprint density at radius 1 is 0.686 bits per heavy atom. The molecular formula is C20H30O15. The predicted molar refractivity (Wildman–Crippen MR) is 107 cm³/mol. The van der Waals surface area contributed by atoms with Crippen LogP contribution in [0.2, 0.25) is 0 Å². The van der Waals surface area contributed by atoms with Gasteiger partial charge in [-0.25, -0.2) is 0 Å². The smallest absolute Gasteiger partial charge is 0.303 e. The molecule has 2 aliphatic heterocycles. The van der Waals surface area contributed by atoms with Crippen LogP contribution in [-0.2, 0) is 52.3 Å². The fourth-order valence-corrected chi connectivity index (χ4v) is 3.68. The lowest BCUT2D eigenvalue weighted by molar-refractivity contribution is -0.357. The van der Waals surface area contributed by atoms with Gasteiger partial charge >= 0.3 is 23.9 Å². The van der Waals surface area contributed by atoms with Gasteiger partial charge in [-0.15, -0.1) is 0 Å². The monoisotopic (exact) mass is 510 g/mol. The van der Waals surface area contributed by atoms with Gasteiger partial charge in [0.15, 0.2) is 30.9 Å². The Bertz CT molecular complexity index is 772. The first-order chi connectivity index (χ1) is 16.3. The van der Waals surface area contributed by atoms with Crippen molar-refractivity contribution in [3.05, 3.63) is 0 Å². The number of esters is 4. The van der Waals surface area contributed by atoms with Gasteiger partial charge in [0.1, 0.15) is 37.1 Å². The summed E-state index contributed by atoms with van der Waals surface area (Å²) >= 11 is 0. The quantitative estimate of drug-likeness (QED) is 0.188. The second-order valence-corrected chi connectivity index (χ2v) is 7.90. The third-order valence-electron chi connectivity index (χ3n) is 5.08. The summed E-state index contributed by atoms with van der Waals surface area (Å²) in [5.74, 6) is -3.29. The summed E-state index contributed by atoms with van der Waals surface area (Å²) in [5.41, 5.74) is 0. The van der Waals surface area contributed by atoms with E-state index in [-0.39, 0.29) is 0 Å². The fraction of sp³-hybridized carbons (Fsp3) is 0.800. The largest absolute Gasteiger partial charge is 0.463 e. The first-order valence-corrected chi connectivity index (χ1v) is 10.6. The fourth-order valence-electron chi connectivity index (χ4n) is 3.68. The van der Waals surface area contributed by atoms with E-state index in [1.165, 1.54) is 0 Å². The Labute approximate surface area is 199 Å². The molecule has 0 saturated carbocycles. The van der Waals surface area contributed by atoms with E-state index in [0.717, 1.165) is 27.7 Å². The van der Waals surface area contributed by atoms with Crippen molar-refractivity contribution in [3.8, 4) is 0 Å². The van der Waals surface area contributed by atoms with Crippen LogP contribution in [0.3, 0.4) is 0 Å². The Hall–Kier alpha value is -2.40. The lowest BCUT2D eigenvalue weighted by Crippen LogP contribution is -2.66. The van der Waals surface area contributed by atoms with Crippen LogP contribution in [0.1, 0.15) is 27.7 Å². The van der Waals surface area contributed by atoms with E-state index in [2.05, 4.69) is 0 Å². The topological polar surface area (TPSA) is 214 Å². The van der Waals surface area contributed by atoms with Crippen LogP contribution in [-0.4, -0.2) is 119 Å². The van der Waals surface area contributed by atoms with E-state index < -0.39 is 98.5 Å². The molecule has 2 rings (SSSR count). The summed E-state index contributed by atoms with van der Waals surface area (Å²) in [4.78, 5) is 46.8. The molecule has 0 aromatic heterocycles. The minimum atomic E-state index is -1.87. The standard InChI is InChI=1S/C20H30O15/c1-7(22)29-6-12-15(30-8(2)23)17(31-9(3)24)18(32-10(4)25)20(34-12)35-16-13(26)11(5-21)33-19(28)14(16)27/h11-21,26-28H,5-6H2,1-4H3/t11-,12-,13+,14-,15+,16+,17+,18-,19+,20+/m1/s1. The number of aliphatic hydroxyl groups is 4. The van der Waals surface area contributed by atoms with Gasteiger partial charge in [0.05, 0.1) is 6.61 Å². The molecule has 35 heavy (non-hydrogen) atoms. The first kappa shape index (κ1) is 28.8. The number of hydrogen-bond acceptors (Lipinski definition) is 15. The lowest BCUT2D eigenvalue weighted by Gasteiger charge is -2.47. The van der Waals surface area contributed by atoms with Gasteiger partial charge in [-0.2, -0.15) is 0 Å². The van der Waals surface area contributed by atoms with Crippen molar-refractivity contribution in [3.63, 3.8) is 0 Å². The molecule has 200 valence electrons. The summed E-state index contributed by atoms with van der Waals surface area (Å²) < 4.78 is 36.9. The molecule has 0 aliphatic carbocycles. The van der Waals surface area contributed by atoms with Crippen molar-refractivity contribution >= 4 is 23.9 Å². The molecule has 2 aliphatic rings. The maximum Gasteiger partial charge on any atom is 0.303 e. The van der Waals surface area contributed by atoms with Gasteiger partial charge in [-0.3, -0.25) is 19.2 Å². The van der Waals surface area contributed by atoms with E-state index in [0.29, 0.717) is 0 Å². The van der Waals surface area contributed by atoms with Crippen molar-refractivity contribution in [2.75, 3.05) is 13.2 Å². The number of hydrogen-bond donors (Lipinski definition) is 4. The highest BCUT2D eigenvalue weighted by molar-refractivity contribution is 5.68. The summed E-state index contributed by atoms with van der Waals surface area (Å²) in [6.45, 7) is 2.96. The van der Waals surface area contributed by atoms with Crippen LogP contribution in [0.4, 0.5) is 0 Å². The minimum Gasteiger partial charge on any atom is -0.463 e. The normalized spacial score (nSPS) is 37.1. The Balaban J connectivity index is 2.46. The molecule has 0 radical (unpaired) electrons. The molecule has 0 amide bonds. The van der Waals surface area contributed by atoms with Gasteiger partial charge in [0, 0.05) is 27.7 Å². The number of ether oxygens (including phenoxy) is 7. The average Bonchev–Trinajstić information content (AvgIpc) is 2.75. The zero-order valence-electron chi connectivity index (χ0n) is 19.5. The van der Waals surface area contributed by atoms with Gasteiger partial charge in [-0.05, 0) is 0 Å². The average molecular weight is 510 g/mol. The molecule has 15 heteroatoms. The molecule has 10 atom stereocenters. The lowest BCUT2D eigenvalue weighted by atomic mass is 9.96. The summed E-state index contributed by atoms with van der Waals surface area (Å²) in [5, 5.41) is 40.1. The minimum absolute atomic E-state index is 0.515. The molecule has 0 unspecified atom stereocenters. The highest BCUT2D eigenvalue weighted by Gasteiger charge is 2.55. The maximum absolute atomic E-state index is 11.8. The summed E-state index contributed by atoms with van der Waals surface area (Å²) in [6.07, 6.45) is -16.0. The Kier molecular flexibility index (Phi) is 10.3. The molecule has 4 N–H and O–H groups in total. The van der Waals surface area contributed by atoms with Gasteiger partial charge in [0.2, 0.25) is 0 Å². The van der Waals surface area contributed by atoms with Crippen LogP contribution in [0.5, 0.6) is 0 Å². The molecule has 15 nitrogen and oxygen atoms in total. The number of rotatable bonds is 8. The summed E-state index contributed by atoms with van der Waals surface area (Å²) in [6, 6.07) is 0. The van der Waals surface area contributed by atoms with E-state index >= 15 is 0 Å². The highest BCUT2D eigenvalue weighted by atomic mass is 16.7. The van der Waals surface area contributed by atoms with Gasteiger partial charge in [0.25, 0.3) is 0 Å². The van der Waals surface area contributed by atoms with E-state index in [1.807, 2.05) is 0 Å². The van der Waals surface area contributed by atoms with Crippen LogP contribution in [0.15, 0.2) is 0 Å². The second-order valence-electron chi connectivity index (χ2n) is 7.90. The molecule has 0 spiro atoms. The Morgan fingerprint density at radius 3 is 1.74 bits per heavy atom. The third-order valence-corrected chi connectivity index (χ3v) is 5.08. The van der Waals surface area contributed by atoms with Crippen molar-refractivity contribution < 1.29 is 72.8 Å². The van der Waals surface area contributed by atoms with Gasteiger partial charge in [-0.1, -0.05) is 0 Å². The second kappa shape index (κ2) is 12.5. The van der Waals surface area contributed by atoms with Crippen LogP contribution in [0, 0.1) is 0 Å². The molecule has 0 aromatic carbocycles. The van der Waals surface area contributed by atoms with Crippen LogP contribution < -0.4 is 0 Å². The zero-order chi connectivity index (χ0) is 26.4. The molecule has 0 aromatic rings. The van der Waals surface area contributed by atoms with Crippen LogP contribution in [0.25, 0.3) is 0 Å². The van der Waals surface area contributed by atoms with E-state index in [1.54, 1.807) is 0 Å². The molecule has 2 fully saturated rings. The van der Waals surface area contributed by atoms with Crippen LogP contribution >= 0.6 is 0 Å². The predicted octanol–water partition coefficient (Wildman–Crippen LogP) is -3.11. The maximum atomic E-state index is 11.8. The van der Waals surface area contributed by atoms with Crippen molar-refractivity contribution in [2.45, 2.75) is 89.1 Å². The summed E-state index contributed by atoms with van der Waals surface area (Å²) in [7, 11) is 0. The van der Waals surface area contributed by atoms with Crippen molar-refractivity contribution in [1.82, 2.24) is 0 Å². The number of carbonyl (C=O) groups excluding carboxylic acids is 4. The van der Waals surface area contributed by atoms with Crippen molar-refractivity contribution in [2.24, 2.45) is 0 Å². The SMILES string of the molecule is CC(=O)OC[C@H]1O[C@@H](O[C@@H]2[C@@H](O)[C@@H](O)O[C@H](CO)[C@@H]2O)[C@H](OC(C)=O)[C@@H](OC(C)=O)[C@H]1OC(C)=O. The van der Waals surface area contributed by atoms with E-state index in [9.17, 15) is 39.6 Å². The molecule has 2 saturated heterocycles. The number of carbonyl (C=O) groups is 4.